The largest absolute Gasteiger partial charge is 0.480 e. The van der Waals surface area contributed by atoms with Crippen molar-refractivity contribution in [1.82, 2.24) is 4.90 Å². The Labute approximate surface area is 132 Å². The maximum Gasteiger partial charge on any atom is 0.327 e. The Hall–Kier alpha value is -1.56. The van der Waals surface area contributed by atoms with Gasteiger partial charge in [-0.1, -0.05) is 35.8 Å². The van der Waals surface area contributed by atoms with Gasteiger partial charge >= 0.3 is 12.0 Å². The third-order valence-electron chi connectivity index (χ3n) is 3.84. The second-order valence-corrected chi connectivity index (χ2v) is 6.88. The minimum atomic E-state index is -0.955. The molecule has 2 N–H and O–H groups in total. The van der Waals surface area contributed by atoms with Crippen LogP contribution in [0.4, 0.5) is 10.5 Å². The number of anilines is 1. The fourth-order valence-corrected chi connectivity index (χ4v) is 3.24. The summed E-state index contributed by atoms with van der Waals surface area (Å²) in [4.78, 5) is 25.4. The average Bonchev–Trinajstić information content (AvgIpc) is 2.36. The summed E-state index contributed by atoms with van der Waals surface area (Å²) in [5.41, 5.74) is 0.209. The summed E-state index contributed by atoms with van der Waals surface area (Å²) < 4.78 is 0.856. The van der Waals surface area contributed by atoms with Crippen molar-refractivity contribution in [3.63, 3.8) is 0 Å². The van der Waals surface area contributed by atoms with E-state index in [9.17, 15) is 14.7 Å². The normalized spacial score (nSPS) is 20.9. The minimum absolute atomic E-state index is 0.367. The molecular weight excluding hydrogens is 336 g/mol. The standard InChI is InChI=1S/C15H19BrN2O3/c1-15(2)7-4-8-18(12(15)13(19)20)14(21)17-11-6-3-5-10(16)9-11/h3,5-6,9,12H,4,7-8H2,1-2H3,(H,17,21)(H,19,20). The van der Waals surface area contributed by atoms with E-state index in [1.807, 2.05) is 26.0 Å². The minimum Gasteiger partial charge on any atom is -0.480 e. The first-order valence-electron chi connectivity index (χ1n) is 6.87. The van der Waals surface area contributed by atoms with Crippen molar-refractivity contribution >= 4 is 33.6 Å². The number of nitrogens with one attached hydrogen (secondary N) is 1. The molecule has 1 unspecified atom stereocenters. The van der Waals surface area contributed by atoms with Gasteiger partial charge in [0.05, 0.1) is 0 Å². The molecule has 2 rings (SSSR count). The van der Waals surface area contributed by atoms with Gasteiger partial charge < -0.3 is 15.3 Å². The van der Waals surface area contributed by atoms with E-state index in [0.717, 1.165) is 17.3 Å². The Morgan fingerprint density at radius 1 is 1.43 bits per heavy atom. The SMILES string of the molecule is CC1(C)CCCN(C(=O)Nc2cccc(Br)c2)C1C(=O)O. The van der Waals surface area contributed by atoms with E-state index in [2.05, 4.69) is 21.2 Å². The monoisotopic (exact) mass is 354 g/mol. The van der Waals surface area contributed by atoms with E-state index in [-0.39, 0.29) is 6.03 Å². The van der Waals surface area contributed by atoms with E-state index in [1.165, 1.54) is 4.90 Å². The van der Waals surface area contributed by atoms with Crippen LogP contribution in [0.5, 0.6) is 0 Å². The maximum absolute atomic E-state index is 12.4. The highest BCUT2D eigenvalue weighted by Gasteiger charge is 2.44. The lowest BCUT2D eigenvalue weighted by molar-refractivity contribution is -0.148. The third-order valence-corrected chi connectivity index (χ3v) is 4.34. The number of amides is 2. The first kappa shape index (κ1) is 15.8. The highest BCUT2D eigenvalue weighted by molar-refractivity contribution is 9.10. The van der Waals surface area contributed by atoms with Crippen LogP contribution in [-0.2, 0) is 4.79 Å². The van der Waals surface area contributed by atoms with Gasteiger partial charge in [-0.15, -0.1) is 0 Å². The van der Waals surface area contributed by atoms with Crippen molar-refractivity contribution in [2.75, 3.05) is 11.9 Å². The van der Waals surface area contributed by atoms with Crippen LogP contribution in [-0.4, -0.2) is 34.6 Å². The Bertz CT molecular complexity index is 560. The number of carboxylic acid groups (broad SMARTS) is 1. The lowest BCUT2D eigenvalue weighted by atomic mass is 9.76. The molecule has 0 aromatic heterocycles. The molecule has 2 amide bonds. The van der Waals surface area contributed by atoms with Gasteiger partial charge in [-0.3, -0.25) is 0 Å². The molecule has 1 fully saturated rings. The Morgan fingerprint density at radius 2 is 2.14 bits per heavy atom. The summed E-state index contributed by atoms with van der Waals surface area (Å²) in [6.07, 6.45) is 1.60. The van der Waals surface area contributed by atoms with Crippen LogP contribution in [0.15, 0.2) is 28.7 Å². The molecule has 1 heterocycles. The Balaban J connectivity index is 2.18. The molecule has 0 saturated carbocycles. The second-order valence-electron chi connectivity index (χ2n) is 5.97. The van der Waals surface area contributed by atoms with Crippen LogP contribution in [0.25, 0.3) is 0 Å². The summed E-state index contributed by atoms with van der Waals surface area (Å²) in [5.74, 6) is -0.955. The fourth-order valence-electron chi connectivity index (χ4n) is 2.84. The molecule has 1 atom stereocenters. The van der Waals surface area contributed by atoms with Gasteiger partial charge in [0.2, 0.25) is 0 Å². The molecule has 114 valence electrons. The summed E-state index contributed by atoms with van der Waals surface area (Å²) in [6.45, 7) is 4.24. The second kappa shape index (κ2) is 6.05. The third kappa shape index (κ3) is 3.56. The van der Waals surface area contributed by atoms with Gasteiger partial charge in [-0.25, -0.2) is 9.59 Å². The summed E-state index contributed by atoms with van der Waals surface area (Å²) in [6, 6.07) is 6.05. The van der Waals surface area contributed by atoms with E-state index in [0.29, 0.717) is 12.2 Å². The first-order chi connectivity index (χ1) is 9.81. The van der Waals surface area contributed by atoms with Crippen LogP contribution in [0, 0.1) is 5.41 Å². The van der Waals surface area contributed by atoms with E-state index in [4.69, 9.17) is 0 Å². The number of carbonyl (C=O) groups is 2. The highest BCUT2D eigenvalue weighted by atomic mass is 79.9. The van der Waals surface area contributed by atoms with Crippen LogP contribution >= 0.6 is 15.9 Å². The number of benzene rings is 1. The van der Waals surface area contributed by atoms with Crippen molar-refractivity contribution in [1.29, 1.82) is 0 Å². The Kier molecular flexibility index (Phi) is 4.56. The number of rotatable bonds is 2. The zero-order valence-corrected chi connectivity index (χ0v) is 13.7. The predicted octanol–water partition coefficient (Wildman–Crippen LogP) is 3.56. The number of carboxylic acids is 1. The maximum atomic E-state index is 12.4. The summed E-state index contributed by atoms with van der Waals surface area (Å²) in [7, 11) is 0. The van der Waals surface area contributed by atoms with Gasteiger partial charge in [-0.2, -0.15) is 0 Å². The molecule has 0 radical (unpaired) electrons. The molecule has 0 bridgehead atoms. The number of hydrogen-bond donors (Lipinski definition) is 2. The van der Waals surface area contributed by atoms with Crippen LogP contribution in [0.2, 0.25) is 0 Å². The van der Waals surface area contributed by atoms with Crippen molar-refractivity contribution in [2.24, 2.45) is 5.41 Å². The molecule has 1 aromatic rings. The Morgan fingerprint density at radius 3 is 2.76 bits per heavy atom. The van der Waals surface area contributed by atoms with Crippen molar-refractivity contribution in [3.8, 4) is 0 Å². The van der Waals surface area contributed by atoms with Crippen LogP contribution < -0.4 is 5.32 Å². The van der Waals surface area contributed by atoms with Crippen molar-refractivity contribution in [3.05, 3.63) is 28.7 Å². The number of hydrogen-bond acceptors (Lipinski definition) is 2. The fraction of sp³-hybridized carbons (Fsp3) is 0.467. The molecule has 1 aromatic carbocycles. The first-order valence-corrected chi connectivity index (χ1v) is 7.66. The van der Waals surface area contributed by atoms with Gasteiger partial charge in [0, 0.05) is 16.7 Å². The molecular formula is C15H19BrN2O3. The molecule has 6 heteroatoms. The van der Waals surface area contributed by atoms with Crippen molar-refractivity contribution < 1.29 is 14.7 Å². The molecule has 21 heavy (non-hydrogen) atoms. The van der Waals surface area contributed by atoms with Gasteiger partial charge in [0.1, 0.15) is 6.04 Å². The molecule has 0 aliphatic carbocycles. The number of carbonyl (C=O) groups excluding carboxylic acids is 1. The lowest BCUT2D eigenvalue weighted by Gasteiger charge is -2.43. The summed E-state index contributed by atoms with van der Waals surface area (Å²) in [5, 5.41) is 12.2. The number of likely N-dealkylation sites (tertiary alicyclic amines) is 1. The molecule has 0 spiro atoms. The quantitative estimate of drug-likeness (QED) is 0.852. The number of aliphatic carboxylic acids is 1. The zero-order valence-electron chi connectivity index (χ0n) is 12.1. The molecule has 5 nitrogen and oxygen atoms in total. The van der Waals surface area contributed by atoms with E-state index >= 15 is 0 Å². The smallest absolute Gasteiger partial charge is 0.327 e. The zero-order chi connectivity index (χ0) is 15.6. The predicted molar refractivity (Wildman–Crippen MR) is 84.3 cm³/mol. The van der Waals surface area contributed by atoms with Crippen LogP contribution in [0.3, 0.4) is 0 Å². The number of nitrogens with zero attached hydrogens (tertiary/aromatic N) is 1. The van der Waals surface area contributed by atoms with Crippen molar-refractivity contribution in [2.45, 2.75) is 32.7 Å². The average molecular weight is 355 g/mol. The number of urea groups is 1. The molecule has 1 aliphatic rings. The topological polar surface area (TPSA) is 69.6 Å². The van der Waals surface area contributed by atoms with E-state index in [1.54, 1.807) is 12.1 Å². The van der Waals surface area contributed by atoms with E-state index < -0.39 is 17.4 Å². The highest BCUT2D eigenvalue weighted by Crippen LogP contribution is 2.35. The molecule has 1 aliphatic heterocycles. The van der Waals surface area contributed by atoms with Gasteiger partial charge in [-0.05, 0) is 36.5 Å². The number of piperidine rings is 1. The number of halogens is 1. The summed E-state index contributed by atoms with van der Waals surface area (Å²) >= 11 is 3.34. The lowest BCUT2D eigenvalue weighted by Crippen LogP contribution is -2.57. The molecule has 1 saturated heterocycles. The van der Waals surface area contributed by atoms with Gasteiger partial charge in [0.15, 0.2) is 0 Å². The van der Waals surface area contributed by atoms with Crippen LogP contribution in [0.1, 0.15) is 26.7 Å². The van der Waals surface area contributed by atoms with Gasteiger partial charge in [0.25, 0.3) is 0 Å².